The SMILES string of the molecule is CN(Cc1ccc2c(c1)OCO2)C(=O)Nc1cccc([N+](=O)[O-])c1. The highest BCUT2D eigenvalue weighted by molar-refractivity contribution is 5.89. The Balaban J connectivity index is 1.64. The maximum Gasteiger partial charge on any atom is 0.321 e. The Morgan fingerprint density at radius 3 is 2.83 bits per heavy atom. The van der Waals surface area contributed by atoms with Crippen LogP contribution in [0.15, 0.2) is 42.5 Å². The Kier molecular flexibility index (Phi) is 4.19. The van der Waals surface area contributed by atoms with Crippen molar-refractivity contribution < 1.29 is 19.2 Å². The number of nitro benzene ring substituents is 1. The van der Waals surface area contributed by atoms with Gasteiger partial charge in [-0.2, -0.15) is 0 Å². The van der Waals surface area contributed by atoms with Crippen molar-refractivity contribution in [3.8, 4) is 11.5 Å². The molecule has 1 aliphatic rings. The number of carbonyl (C=O) groups is 1. The molecule has 0 aliphatic carbocycles. The number of urea groups is 1. The molecule has 0 aromatic heterocycles. The lowest BCUT2D eigenvalue weighted by atomic mass is 10.2. The topological polar surface area (TPSA) is 93.9 Å². The third-order valence-corrected chi connectivity index (χ3v) is 3.51. The molecular weight excluding hydrogens is 314 g/mol. The molecule has 2 aromatic rings. The van der Waals surface area contributed by atoms with Crippen LogP contribution in [0.2, 0.25) is 0 Å². The molecule has 1 N–H and O–H groups in total. The fourth-order valence-electron chi connectivity index (χ4n) is 2.30. The Morgan fingerprint density at radius 2 is 2.04 bits per heavy atom. The van der Waals surface area contributed by atoms with Crippen molar-refractivity contribution >= 4 is 17.4 Å². The quantitative estimate of drug-likeness (QED) is 0.687. The molecule has 8 heteroatoms. The van der Waals surface area contributed by atoms with Crippen LogP contribution in [0.25, 0.3) is 0 Å². The van der Waals surface area contributed by atoms with Gasteiger partial charge in [-0.25, -0.2) is 4.79 Å². The molecule has 24 heavy (non-hydrogen) atoms. The molecule has 1 aliphatic heterocycles. The second kappa shape index (κ2) is 6.45. The molecule has 0 saturated carbocycles. The smallest absolute Gasteiger partial charge is 0.321 e. The average molecular weight is 329 g/mol. The maximum atomic E-state index is 12.2. The van der Waals surface area contributed by atoms with E-state index in [4.69, 9.17) is 9.47 Å². The van der Waals surface area contributed by atoms with E-state index in [1.807, 2.05) is 12.1 Å². The standard InChI is InChI=1S/C16H15N3O5/c1-18(9-11-5-6-14-15(7-11)24-10-23-14)16(20)17-12-3-2-4-13(8-12)19(21)22/h2-8H,9-10H2,1H3,(H,17,20). The number of benzene rings is 2. The van der Waals surface area contributed by atoms with Crippen LogP contribution in [0, 0.1) is 10.1 Å². The minimum absolute atomic E-state index is 0.0776. The summed E-state index contributed by atoms with van der Waals surface area (Å²) in [4.78, 5) is 23.9. The van der Waals surface area contributed by atoms with Crippen LogP contribution in [0.1, 0.15) is 5.56 Å². The van der Waals surface area contributed by atoms with Gasteiger partial charge in [-0.1, -0.05) is 12.1 Å². The molecular formula is C16H15N3O5. The van der Waals surface area contributed by atoms with E-state index < -0.39 is 4.92 Å². The van der Waals surface area contributed by atoms with Gasteiger partial charge in [0.2, 0.25) is 6.79 Å². The molecule has 2 aromatic carbocycles. The third-order valence-electron chi connectivity index (χ3n) is 3.51. The number of fused-ring (bicyclic) bond motifs is 1. The highest BCUT2D eigenvalue weighted by Gasteiger charge is 2.16. The van der Waals surface area contributed by atoms with Gasteiger partial charge in [-0.3, -0.25) is 10.1 Å². The third kappa shape index (κ3) is 3.37. The molecule has 8 nitrogen and oxygen atoms in total. The molecule has 0 spiro atoms. The van der Waals surface area contributed by atoms with Gasteiger partial charge < -0.3 is 19.7 Å². The number of ether oxygens (including phenoxy) is 2. The minimum Gasteiger partial charge on any atom is -0.454 e. The first-order valence-electron chi connectivity index (χ1n) is 7.18. The van der Waals surface area contributed by atoms with Crippen molar-refractivity contribution in [2.75, 3.05) is 19.2 Å². The molecule has 0 bridgehead atoms. The van der Waals surface area contributed by atoms with Crippen LogP contribution in [0.3, 0.4) is 0 Å². The maximum absolute atomic E-state index is 12.2. The zero-order chi connectivity index (χ0) is 17.1. The number of nitro groups is 1. The highest BCUT2D eigenvalue weighted by atomic mass is 16.7. The molecule has 0 fully saturated rings. The normalized spacial score (nSPS) is 11.9. The molecule has 1 heterocycles. The largest absolute Gasteiger partial charge is 0.454 e. The van der Waals surface area contributed by atoms with Gasteiger partial charge in [0.25, 0.3) is 5.69 Å². The summed E-state index contributed by atoms with van der Waals surface area (Å²) in [6.45, 7) is 0.555. The van der Waals surface area contributed by atoms with E-state index in [1.54, 1.807) is 19.2 Å². The van der Waals surface area contributed by atoms with Crippen LogP contribution in [0.5, 0.6) is 11.5 Å². The summed E-state index contributed by atoms with van der Waals surface area (Å²) in [5.74, 6) is 1.34. The molecule has 0 radical (unpaired) electrons. The summed E-state index contributed by atoms with van der Waals surface area (Å²) >= 11 is 0. The summed E-state index contributed by atoms with van der Waals surface area (Å²) < 4.78 is 10.6. The van der Waals surface area contributed by atoms with E-state index in [9.17, 15) is 14.9 Å². The lowest BCUT2D eigenvalue weighted by Gasteiger charge is -2.18. The minimum atomic E-state index is -0.508. The first-order valence-corrected chi connectivity index (χ1v) is 7.18. The van der Waals surface area contributed by atoms with Crippen LogP contribution in [0.4, 0.5) is 16.2 Å². The average Bonchev–Trinajstić information content (AvgIpc) is 3.02. The van der Waals surface area contributed by atoms with Crippen molar-refractivity contribution in [1.82, 2.24) is 4.90 Å². The summed E-state index contributed by atoms with van der Waals surface area (Å²) in [5, 5.41) is 13.4. The fourth-order valence-corrected chi connectivity index (χ4v) is 2.30. The number of carbonyl (C=O) groups excluding carboxylic acids is 1. The number of non-ortho nitro benzene ring substituents is 1. The van der Waals surface area contributed by atoms with Gasteiger partial charge in [0.05, 0.1) is 4.92 Å². The number of hydrogen-bond acceptors (Lipinski definition) is 5. The first-order chi connectivity index (χ1) is 11.5. The number of rotatable bonds is 4. The van der Waals surface area contributed by atoms with Gasteiger partial charge in [0.15, 0.2) is 11.5 Å². The van der Waals surface area contributed by atoms with Gasteiger partial charge in [-0.05, 0) is 23.8 Å². The zero-order valence-electron chi connectivity index (χ0n) is 12.9. The van der Waals surface area contributed by atoms with Crippen molar-refractivity contribution in [3.63, 3.8) is 0 Å². The lowest BCUT2D eigenvalue weighted by Crippen LogP contribution is -2.30. The summed E-state index contributed by atoms with van der Waals surface area (Å²) in [6, 6.07) is 10.9. The van der Waals surface area contributed by atoms with Crippen LogP contribution in [-0.2, 0) is 6.54 Å². The second-order valence-electron chi connectivity index (χ2n) is 5.28. The fraction of sp³-hybridized carbons (Fsp3) is 0.188. The molecule has 0 unspecified atom stereocenters. The summed E-state index contributed by atoms with van der Waals surface area (Å²) in [5.41, 5.74) is 1.17. The van der Waals surface area contributed by atoms with Crippen molar-refractivity contribution in [2.45, 2.75) is 6.54 Å². The Labute approximate surface area is 137 Å². The van der Waals surface area contributed by atoms with Crippen molar-refractivity contribution in [3.05, 3.63) is 58.1 Å². The Bertz CT molecular complexity index is 793. The predicted octanol–water partition coefficient (Wildman–Crippen LogP) is 2.99. The number of nitrogens with one attached hydrogen (secondary N) is 1. The number of amides is 2. The van der Waals surface area contributed by atoms with E-state index in [2.05, 4.69) is 5.32 Å². The molecule has 0 saturated heterocycles. The van der Waals surface area contributed by atoms with Gasteiger partial charge in [-0.15, -0.1) is 0 Å². The highest BCUT2D eigenvalue weighted by Crippen LogP contribution is 2.32. The van der Waals surface area contributed by atoms with Crippen LogP contribution >= 0.6 is 0 Å². The number of anilines is 1. The monoisotopic (exact) mass is 329 g/mol. The van der Waals surface area contributed by atoms with E-state index in [-0.39, 0.29) is 18.5 Å². The Morgan fingerprint density at radius 1 is 1.25 bits per heavy atom. The predicted molar refractivity (Wildman–Crippen MR) is 86.1 cm³/mol. The molecule has 2 amide bonds. The molecule has 0 atom stereocenters. The van der Waals surface area contributed by atoms with Gasteiger partial charge in [0, 0.05) is 31.4 Å². The lowest BCUT2D eigenvalue weighted by molar-refractivity contribution is -0.384. The second-order valence-corrected chi connectivity index (χ2v) is 5.28. The first kappa shape index (κ1) is 15.6. The summed E-state index contributed by atoms with van der Waals surface area (Å²) in [6.07, 6.45) is 0. The molecule has 124 valence electrons. The van der Waals surface area contributed by atoms with Gasteiger partial charge in [0.1, 0.15) is 0 Å². The zero-order valence-corrected chi connectivity index (χ0v) is 12.9. The van der Waals surface area contributed by atoms with Crippen LogP contribution in [-0.4, -0.2) is 29.7 Å². The molecule has 3 rings (SSSR count). The number of hydrogen-bond donors (Lipinski definition) is 1. The van der Waals surface area contributed by atoms with E-state index in [0.29, 0.717) is 23.7 Å². The van der Waals surface area contributed by atoms with Crippen molar-refractivity contribution in [1.29, 1.82) is 0 Å². The number of nitrogens with zero attached hydrogens (tertiary/aromatic N) is 2. The van der Waals surface area contributed by atoms with E-state index in [1.165, 1.54) is 23.1 Å². The summed E-state index contributed by atoms with van der Waals surface area (Å²) in [7, 11) is 1.64. The Hall–Kier alpha value is -3.29. The van der Waals surface area contributed by atoms with E-state index >= 15 is 0 Å². The van der Waals surface area contributed by atoms with Gasteiger partial charge >= 0.3 is 6.03 Å². The van der Waals surface area contributed by atoms with E-state index in [0.717, 1.165) is 5.56 Å². The van der Waals surface area contributed by atoms with Crippen LogP contribution < -0.4 is 14.8 Å². The van der Waals surface area contributed by atoms with Crippen molar-refractivity contribution in [2.24, 2.45) is 0 Å².